The predicted octanol–water partition coefficient (Wildman–Crippen LogP) is 3.02. The molecule has 188 valence electrons. The van der Waals surface area contributed by atoms with E-state index in [1.807, 2.05) is 32.0 Å². The number of likely N-dealkylation sites (tertiary alicyclic amines) is 1. The van der Waals surface area contributed by atoms with E-state index in [4.69, 9.17) is 14.2 Å². The van der Waals surface area contributed by atoms with Gasteiger partial charge in [-0.25, -0.2) is 4.79 Å². The summed E-state index contributed by atoms with van der Waals surface area (Å²) in [7, 11) is 0. The number of nitrogens with zero attached hydrogens (tertiary/aromatic N) is 1. The predicted molar refractivity (Wildman–Crippen MR) is 128 cm³/mol. The number of nitrogens with one attached hydrogen (secondary N) is 2. The van der Waals surface area contributed by atoms with Gasteiger partial charge >= 0.3 is 5.97 Å². The van der Waals surface area contributed by atoms with E-state index >= 15 is 0 Å². The van der Waals surface area contributed by atoms with Gasteiger partial charge in [-0.2, -0.15) is 0 Å². The van der Waals surface area contributed by atoms with Crippen molar-refractivity contribution < 1.29 is 28.6 Å². The average Bonchev–Trinajstić information content (AvgIpc) is 3.44. The van der Waals surface area contributed by atoms with E-state index in [2.05, 4.69) is 10.3 Å². The molecule has 2 aromatic rings. The lowest BCUT2D eigenvalue weighted by Crippen LogP contribution is -2.45. The second kappa shape index (κ2) is 10.8. The fraction of sp³-hybridized carbons (Fsp3) is 0.500. The van der Waals surface area contributed by atoms with E-state index in [1.165, 1.54) is 0 Å². The average molecular weight is 484 g/mol. The zero-order valence-corrected chi connectivity index (χ0v) is 20.6. The van der Waals surface area contributed by atoms with Gasteiger partial charge in [0.05, 0.1) is 12.5 Å². The molecule has 0 aliphatic carbocycles. The maximum atomic E-state index is 13.0. The van der Waals surface area contributed by atoms with E-state index in [0.29, 0.717) is 56.3 Å². The van der Waals surface area contributed by atoms with Crippen LogP contribution in [0.15, 0.2) is 18.2 Å². The first kappa shape index (κ1) is 24.6. The maximum Gasteiger partial charge on any atom is 0.355 e. The van der Waals surface area contributed by atoms with Crippen molar-refractivity contribution in [3.8, 4) is 11.5 Å². The monoisotopic (exact) mass is 483 g/mol. The first-order valence-corrected chi connectivity index (χ1v) is 12.2. The van der Waals surface area contributed by atoms with Crippen molar-refractivity contribution in [1.82, 2.24) is 15.2 Å². The van der Waals surface area contributed by atoms with Gasteiger partial charge in [-0.1, -0.05) is 6.07 Å². The van der Waals surface area contributed by atoms with E-state index in [0.717, 1.165) is 35.2 Å². The number of amides is 2. The van der Waals surface area contributed by atoms with Gasteiger partial charge in [-0.05, 0) is 68.9 Å². The third kappa shape index (κ3) is 5.61. The molecule has 9 nitrogen and oxygen atoms in total. The maximum absolute atomic E-state index is 13.0. The van der Waals surface area contributed by atoms with Crippen molar-refractivity contribution in [3.05, 3.63) is 46.3 Å². The largest absolute Gasteiger partial charge is 0.461 e. The molecule has 0 saturated carbocycles. The standard InChI is InChI=1S/C26H33N3O6/c1-4-33-26(32)24-16(2)20(17(3)28-24)8-10-23(30)29-11-5-6-19(14-29)25(31)27-13-18-7-9-21-22(12-18)35-15-34-21/h7,9,12,19,28H,4-6,8,10-11,13-15H2,1-3H3,(H,27,31)/t19-/m1/s1. The van der Waals surface area contributed by atoms with Crippen LogP contribution in [-0.4, -0.2) is 54.2 Å². The minimum absolute atomic E-state index is 0.0240. The summed E-state index contributed by atoms with van der Waals surface area (Å²) in [6.45, 7) is 7.54. The lowest BCUT2D eigenvalue weighted by atomic mass is 9.96. The van der Waals surface area contributed by atoms with Gasteiger partial charge in [0.2, 0.25) is 18.6 Å². The van der Waals surface area contributed by atoms with Crippen LogP contribution < -0.4 is 14.8 Å². The minimum atomic E-state index is -0.378. The molecule has 1 fully saturated rings. The van der Waals surface area contributed by atoms with Crippen LogP contribution in [0.5, 0.6) is 11.5 Å². The molecule has 1 saturated heterocycles. The number of aromatic amines is 1. The first-order valence-electron chi connectivity index (χ1n) is 12.2. The Balaban J connectivity index is 1.29. The van der Waals surface area contributed by atoms with Crippen molar-refractivity contribution in [2.24, 2.45) is 5.92 Å². The summed E-state index contributed by atoms with van der Waals surface area (Å²) >= 11 is 0. The number of piperidine rings is 1. The van der Waals surface area contributed by atoms with Crippen LogP contribution in [0.4, 0.5) is 0 Å². The Labute approximate surface area is 205 Å². The van der Waals surface area contributed by atoms with Gasteiger partial charge in [0.1, 0.15) is 5.69 Å². The molecule has 9 heteroatoms. The van der Waals surface area contributed by atoms with Crippen molar-refractivity contribution in [2.75, 3.05) is 26.5 Å². The highest BCUT2D eigenvalue weighted by molar-refractivity contribution is 5.90. The molecular formula is C26H33N3O6. The number of hydrogen-bond acceptors (Lipinski definition) is 6. The number of fused-ring (bicyclic) bond motifs is 1. The fourth-order valence-electron chi connectivity index (χ4n) is 4.76. The zero-order chi connectivity index (χ0) is 24.9. The van der Waals surface area contributed by atoms with E-state index < -0.39 is 0 Å². The van der Waals surface area contributed by atoms with Gasteiger partial charge in [0.15, 0.2) is 11.5 Å². The first-order chi connectivity index (χ1) is 16.9. The molecule has 2 aliphatic heterocycles. The van der Waals surface area contributed by atoms with Crippen LogP contribution >= 0.6 is 0 Å². The number of ether oxygens (including phenoxy) is 3. The summed E-state index contributed by atoms with van der Waals surface area (Å²) < 4.78 is 15.8. The Morgan fingerprint density at radius 3 is 2.80 bits per heavy atom. The van der Waals surface area contributed by atoms with Gasteiger partial charge in [0.25, 0.3) is 0 Å². The molecule has 1 aromatic heterocycles. The summed E-state index contributed by atoms with van der Waals surface area (Å²) in [6, 6.07) is 5.62. The van der Waals surface area contributed by atoms with Crippen molar-refractivity contribution >= 4 is 17.8 Å². The number of hydrogen-bond donors (Lipinski definition) is 2. The molecule has 35 heavy (non-hydrogen) atoms. The highest BCUT2D eigenvalue weighted by atomic mass is 16.7. The second-order valence-electron chi connectivity index (χ2n) is 9.03. The lowest BCUT2D eigenvalue weighted by Gasteiger charge is -2.32. The molecule has 0 spiro atoms. The molecular weight excluding hydrogens is 450 g/mol. The van der Waals surface area contributed by atoms with Gasteiger partial charge in [0, 0.05) is 31.7 Å². The van der Waals surface area contributed by atoms with E-state index in [-0.39, 0.29) is 30.5 Å². The number of carbonyl (C=O) groups excluding carboxylic acids is 3. The molecule has 2 aliphatic rings. The van der Waals surface area contributed by atoms with Crippen molar-refractivity contribution in [3.63, 3.8) is 0 Å². The van der Waals surface area contributed by atoms with Crippen LogP contribution in [0.25, 0.3) is 0 Å². The van der Waals surface area contributed by atoms with Crippen LogP contribution in [0.3, 0.4) is 0 Å². The molecule has 2 N–H and O–H groups in total. The number of esters is 1. The minimum Gasteiger partial charge on any atom is -0.461 e. The van der Waals surface area contributed by atoms with Crippen LogP contribution in [0, 0.1) is 19.8 Å². The smallest absolute Gasteiger partial charge is 0.355 e. The van der Waals surface area contributed by atoms with Gasteiger partial charge in [-0.15, -0.1) is 0 Å². The highest BCUT2D eigenvalue weighted by Crippen LogP contribution is 2.32. The van der Waals surface area contributed by atoms with Crippen molar-refractivity contribution in [1.29, 1.82) is 0 Å². The third-order valence-electron chi connectivity index (χ3n) is 6.71. The summed E-state index contributed by atoms with van der Waals surface area (Å²) in [6.07, 6.45) is 2.41. The Bertz CT molecular complexity index is 1110. The third-order valence-corrected chi connectivity index (χ3v) is 6.71. The fourth-order valence-corrected chi connectivity index (χ4v) is 4.76. The lowest BCUT2D eigenvalue weighted by molar-refractivity contribution is -0.135. The van der Waals surface area contributed by atoms with E-state index in [9.17, 15) is 14.4 Å². The number of H-pyrrole nitrogens is 1. The van der Waals surface area contributed by atoms with Crippen molar-refractivity contribution in [2.45, 2.75) is 53.0 Å². The topological polar surface area (TPSA) is 110 Å². The number of aryl methyl sites for hydroxylation is 1. The van der Waals surface area contributed by atoms with Gasteiger partial charge in [-0.3, -0.25) is 9.59 Å². The normalized spacial score (nSPS) is 16.8. The van der Waals surface area contributed by atoms with Crippen LogP contribution in [0.2, 0.25) is 0 Å². The zero-order valence-electron chi connectivity index (χ0n) is 20.6. The SMILES string of the molecule is CCOC(=O)c1[nH]c(C)c(CCC(=O)N2CCC[C@@H](C(=O)NCc3ccc4c(c3)OCO4)C2)c1C. The molecule has 1 aromatic carbocycles. The summed E-state index contributed by atoms with van der Waals surface area (Å²) in [5.41, 5.74) is 4.05. The van der Waals surface area contributed by atoms with E-state index in [1.54, 1.807) is 11.8 Å². The number of rotatable bonds is 8. The molecule has 0 bridgehead atoms. The molecule has 3 heterocycles. The Morgan fingerprint density at radius 1 is 1.20 bits per heavy atom. The number of benzene rings is 1. The Hall–Kier alpha value is -3.49. The summed E-state index contributed by atoms with van der Waals surface area (Å²) in [5, 5.41) is 2.99. The summed E-state index contributed by atoms with van der Waals surface area (Å²) in [5.74, 6) is 0.772. The molecule has 4 rings (SSSR count). The number of aromatic nitrogens is 1. The Kier molecular flexibility index (Phi) is 7.63. The Morgan fingerprint density at radius 2 is 2.00 bits per heavy atom. The molecule has 0 radical (unpaired) electrons. The quantitative estimate of drug-likeness (QED) is 0.559. The van der Waals surface area contributed by atoms with Gasteiger partial charge < -0.3 is 29.4 Å². The van der Waals surface area contributed by atoms with Crippen LogP contribution in [-0.2, 0) is 27.3 Å². The molecule has 0 unspecified atom stereocenters. The summed E-state index contributed by atoms with van der Waals surface area (Å²) in [4.78, 5) is 42.8. The highest BCUT2D eigenvalue weighted by Gasteiger charge is 2.29. The van der Waals surface area contributed by atoms with Crippen LogP contribution in [0.1, 0.15) is 59.1 Å². The molecule has 1 atom stereocenters. The number of carbonyl (C=O) groups is 3. The second-order valence-corrected chi connectivity index (χ2v) is 9.03. The molecule has 2 amide bonds.